The molecule has 0 fully saturated rings. The number of halogens is 2. The summed E-state index contributed by atoms with van der Waals surface area (Å²) in [4.78, 5) is 12.4. The molecule has 0 bridgehead atoms. The van der Waals surface area contributed by atoms with Crippen LogP contribution in [-0.4, -0.2) is 12.5 Å². The normalized spacial score (nSPS) is 19.1. The van der Waals surface area contributed by atoms with E-state index in [0.717, 1.165) is 12.6 Å². The lowest BCUT2D eigenvalue weighted by Gasteiger charge is -1.94. The van der Waals surface area contributed by atoms with Crippen LogP contribution < -0.4 is 13.1 Å². The van der Waals surface area contributed by atoms with Crippen molar-refractivity contribution in [1.82, 2.24) is 0 Å². The number of hydrogen-bond acceptors (Lipinski definition) is 9. The number of rotatable bonds is 2. The van der Waals surface area contributed by atoms with E-state index < -0.39 is 0 Å². The monoisotopic (exact) mass is 664 g/mol. The highest BCUT2D eigenvalue weighted by atomic mass is 127. The second-order valence-corrected chi connectivity index (χ2v) is 16.3. The Morgan fingerprint density at radius 2 is 1.36 bits per heavy atom. The first-order valence-electron chi connectivity index (χ1n) is 5.51. The molecule has 0 N–H and O–H groups in total. The summed E-state index contributed by atoms with van der Waals surface area (Å²) < 4.78 is 9.90. The maximum absolute atomic E-state index is 12.4. The molecular formula is C11H6I2OS8. The fraction of sp³-hybridized carbons (Fsp3) is 0.182. The lowest BCUT2D eigenvalue weighted by atomic mass is 10.9. The van der Waals surface area contributed by atoms with E-state index in [-0.39, 0.29) is 4.74 Å². The van der Waals surface area contributed by atoms with Crippen molar-refractivity contribution in [2.45, 2.75) is 0 Å². The van der Waals surface area contributed by atoms with Gasteiger partial charge in [-0.15, -0.1) is 34.9 Å². The Bertz CT molecular complexity index is 827. The van der Waals surface area contributed by atoms with Gasteiger partial charge in [-0.2, -0.15) is 0 Å². The second-order valence-electron chi connectivity index (χ2n) is 3.62. The molecule has 0 aliphatic carbocycles. The van der Waals surface area contributed by atoms with Gasteiger partial charge in [0.25, 0.3) is 4.74 Å². The predicted molar refractivity (Wildman–Crippen MR) is 134 cm³/mol. The summed E-state index contributed by atoms with van der Waals surface area (Å²) in [6, 6.07) is 0. The van der Waals surface area contributed by atoms with Crippen molar-refractivity contribution in [2.24, 2.45) is 0 Å². The van der Waals surface area contributed by atoms with Crippen LogP contribution in [-0.2, 0) is 0 Å². The molecule has 1 aromatic rings. The zero-order valence-electron chi connectivity index (χ0n) is 10.9. The molecule has 0 amide bonds. The van der Waals surface area contributed by atoms with E-state index in [1.165, 1.54) is 29.9 Å². The minimum atomic E-state index is 0.197. The molecule has 2 aliphatic heterocycles. The van der Waals surface area contributed by atoms with Crippen LogP contribution in [0.4, 0.5) is 0 Å². The van der Waals surface area contributed by atoms with Gasteiger partial charge in [0.2, 0.25) is 0 Å². The fourth-order valence-electron chi connectivity index (χ4n) is 1.46. The SMILES string of the molecule is CSC1=C(SC)SC(=c2sc(=O)c(=C3SC(I)=C(I)S3)s2)S1. The molecule has 0 saturated heterocycles. The average Bonchev–Trinajstić information content (AvgIpc) is 3.16. The van der Waals surface area contributed by atoms with Gasteiger partial charge in [-0.3, -0.25) is 4.79 Å². The van der Waals surface area contributed by atoms with Crippen molar-refractivity contribution in [3.05, 3.63) is 32.2 Å². The molecular weight excluding hydrogens is 658 g/mol. The third-order valence-electron chi connectivity index (χ3n) is 2.35. The van der Waals surface area contributed by atoms with Gasteiger partial charge >= 0.3 is 0 Å². The average molecular weight is 665 g/mol. The molecule has 0 atom stereocenters. The van der Waals surface area contributed by atoms with Gasteiger partial charge in [-0.1, -0.05) is 58.4 Å². The standard InChI is InChI=1S/C11H6I2OS8/c1-15-8-9(16-2)22-11(21-8)10-17-3(6(14)20-10)7-18-4(12)5(13)19-7/h1-2H3. The van der Waals surface area contributed by atoms with E-state index in [1.54, 1.807) is 58.4 Å². The molecule has 0 spiro atoms. The van der Waals surface area contributed by atoms with Crippen molar-refractivity contribution in [1.29, 1.82) is 0 Å². The Labute approximate surface area is 188 Å². The Morgan fingerprint density at radius 3 is 1.86 bits per heavy atom. The first-order chi connectivity index (χ1) is 10.5. The molecule has 1 nitrogen and oxygen atoms in total. The van der Waals surface area contributed by atoms with E-state index in [2.05, 4.69) is 57.7 Å². The maximum atomic E-state index is 12.4. The van der Waals surface area contributed by atoms with Gasteiger partial charge in [0.15, 0.2) is 0 Å². The molecule has 0 unspecified atom stereocenters. The van der Waals surface area contributed by atoms with Gasteiger partial charge < -0.3 is 0 Å². The molecule has 2 aliphatic rings. The Morgan fingerprint density at radius 1 is 0.818 bits per heavy atom. The lowest BCUT2D eigenvalue weighted by Crippen LogP contribution is -2.14. The summed E-state index contributed by atoms with van der Waals surface area (Å²) in [7, 11) is 0. The smallest absolute Gasteiger partial charge is 0.252 e. The van der Waals surface area contributed by atoms with E-state index in [4.69, 9.17) is 0 Å². The first kappa shape index (κ1) is 19.4. The Hall–Kier alpha value is 2.63. The topological polar surface area (TPSA) is 17.1 Å². The number of hydrogen-bond donors (Lipinski definition) is 0. The van der Waals surface area contributed by atoms with Crippen molar-refractivity contribution in [3.63, 3.8) is 0 Å². The van der Waals surface area contributed by atoms with Crippen LogP contribution >= 0.6 is 138 Å². The third-order valence-corrected chi connectivity index (χ3v) is 17.1. The molecule has 118 valence electrons. The first-order valence-corrected chi connectivity index (χ1v) is 15.0. The van der Waals surface area contributed by atoms with Crippen LogP contribution in [0.2, 0.25) is 0 Å². The Balaban J connectivity index is 2.04. The van der Waals surface area contributed by atoms with Crippen molar-refractivity contribution in [2.75, 3.05) is 12.5 Å². The van der Waals surface area contributed by atoms with Crippen LogP contribution in [0.3, 0.4) is 0 Å². The molecule has 0 radical (unpaired) electrons. The molecule has 0 aromatic carbocycles. The zero-order chi connectivity index (χ0) is 15.9. The summed E-state index contributed by atoms with van der Waals surface area (Å²) in [5, 5.41) is 0. The summed E-state index contributed by atoms with van der Waals surface area (Å²) in [6.07, 6.45) is 4.23. The van der Waals surface area contributed by atoms with E-state index in [1.807, 2.05) is 23.5 Å². The predicted octanol–water partition coefficient (Wildman–Crippen LogP) is 6.11. The van der Waals surface area contributed by atoms with Crippen molar-refractivity contribution < 1.29 is 0 Å². The summed E-state index contributed by atoms with van der Waals surface area (Å²) >= 11 is 18.4. The summed E-state index contributed by atoms with van der Waals surface area (Å²) in [5.41, 5.74) is 0. The van der Waals surface area contributed by atoms with Crippen LogP contribution in [0.15, 0.2) is 19.1 Å². The molecule has 1 aromatic heterocycles. The van der Waals surface area contributed by atoms with Gasteiger partial charge in [-0.05, 0) is 57.7 Å². The quantitative estimate of drug-likeness (QED) is 0.351. The minimum Gasteiger partial charge on any atom is -0.276 e. The molecule has 3 rings (SSSR count). The van der Waals surface area contributed by atoms with Gasteiger partial charge in [0, 0.05) is 0 Å². The minimum absolute atomic E-state index is 0.197. The number of thioether (sulfide) groups is 6. The van der Waals surface area contributed by atoms with Crippen LogP contribution in [0.25, 0.3) is 8.47 Å². The van der Waals surface area contributed by atoms with E-state index in [0.29, 0.717) is 0 Å². The van der Waals surface area contributed by atoms with Crippen LogP contribution in [0, 0.1) is 0 Å². The largest absolute Gasteiger partial charge is 0.276 e. The molecule has 3 heterocycles. The highest BCUT2D eigenvalue weighted by molar-refractivity contribution is 14.1. The fourth-order valence-corrected chi connectivity index (χ4v) is 14.2. The summed E-state index contributed by atoms with van der Waals surface area (Å²) in [5.74, 6) is 0. The van der Waals surface area contributed by atoms with Gasteiger partial charge in [0.05, 0.1) is 22.8 Å². The highest BCUT2D eigenvalue weighted by Crippen LogP contribution is 2.57. The molecule has 0 saturated carbocycles. The van der Waals surface area contributed by atoms with Gasteiger partial charge in [-0.25, -0.2) is 0 Å². The van der Waals surface area contributed by atoms with E-state index in [9.17, 15) is 4.79 Å². The second kappa shape index (κ2) is 8.55. The third kappa shape index (κ3) is 4.13. The summed E-state index contributed by atoms with van der Waals surface area (Å²) in [6.45, 7) is 0. The van der Waals surface area contributed by atoms with E-state index >= 15 is 0 Å². The van der Waals surface area contributed by atoms with Crippen molar-refractivity contribution in [3.8, 4) is 0 Å². The van der Waals surface area contributed by atoms with Crippen molar-refractivity contribution >= 4 is 147 Å². The zero-order valence-corrected chi connectivity index (χ0v) is 21.8. The van der Waals surface area contributed by atoms with Gasteiger partial charge in [0.1, 0.15) is 8.38 Å². The Kier molecular flexibility index (Phi) is 7.53. The molecule has 22 heavy (non-hydrogen) atoms. The van der Waals surface area contributed by atoms with Crippen LogP contribution in [0.1, 0.15) is 0 Å². The molecule has 11 heteroatoms. The maximum Gasteiger partial charge on any atom is 0.252 e. The highest BCUT2D eigenvalue weighted by Gasteiger charge is 2.23. The van der Waals surface area contributed by atoms with Crippen LogP contribution in [0.5, 0.6) is 0 Å². The lowest BCUT2D eigenvalue weighted by molar-refractivity contribution is 1.86.